The number of carbonyl (C=O) groups is 2. The average molecular weight is 440 g/mol. The molecule has 2 aromatic carbocycles. The normalized spacial score (nSPS) is 12.2. The van der Waals surface area contributed by atoms with Crippen LogP contribution in [0.4, 0.5) is 4.79 Å². The number of benzene rings is 2. The first-order chi connectivity index (χ1) is 13.5. The third kappa shape index (κ3) is 7.48. The fourth-order valence-corrected chi connectivity index (χ4v) is 2.80. The molecule has 8 heteroatoms. The smallest absolute Gasteiger partial charge is 0.408 e. The molecule has 1 amide bonds. The molecule has 1 atom stereocenters. The van der Waals surface area contributed by atoms with Crippen LogP contribution in [0, 0.1) is 0 Å². The second-order valence-corrected chi connectivity index (χ2v) is 8.17. The van der Waals surface area contributed by atoms with Gasteiger partial charge in [0.15, 0.2) is 0 Å². The zero-order valence-corrected chi connectivity index (χ0v) is 17.9. The molecule has 0 heterocycles. The van der Waals surface area contributed by atoms with Crippen molar-refractivity contribution in [1.29, 1.82) is 0 Å². The van der Waals surface area contributed by atoms with Crippen LogP contribution in [0.15, 0.2) is 42.5 Å². The molecule has 29 heavy (non-hydrogen) atoms. The lowest BCUT2D eigenvalue weighted by Crippen LogP contribution is -2.44. The van der Waals surface area contributed by atoms with Crippen molar-refractivity contribution in [3.8, 4) is 5.75 Å². The summed E-state index contributed by atoms with van der Waals surface area (Å²) in [7, 11) is 0. The minimum Gasteiger partial charge on any atom is -0.489 e. The highest BCUT2D eigenvalue weighted by Gasteiger charge is 2.24. The summed E-state index contributed by atoms with van der Waals surface area (Å²) in [5.74, 6) is -0.552. The highest BCUT2D eigenvalue weighted by molar-refractivity contribution is 6.42. The molecule has 0 aliphatic carbocycles. The van der Waals surface area contributed by atoms with Gasteiger partial charge in [-0.25, -0.2) is 9.59 Å². The summed E-state index contributed by atoms with van der Waals surface area (Å²) in [6.45, 7) is 5.36. The Morgan fingerprint density at radius 1 is 1.10 bits per heavy atom. The number of rotatable bonds is 7. The van der Waals surface area contributed by atoms with Gasteiger partial charge in [-0.15, -0.1) is 0 Å². The maximum Gasteiger partial charge on any atom is 0.408 e. The van der Waals surface area contributed by atoms with Crippen LogP contribution in [-0.2, 0) is 22.6 Å². The maximum absolute atomic E-state index is 11.9. The van der Waals surface area contributed by atoms with Crippen LogP contribution in [0.3, 0.4) is 0 Å². The molecular weight excluding hydrogens is 417 g/mol. The monoisotopic (exact) mass is 439 g/mol. The second-order valence-electron chi connectivity index (χ2n) is 7.39. The molecule has 0 aliphatic rings. The van der Waals surface area contributed by atoms with E-state index in [0.717, 1.165) is 11.1 Å². The predicted octanol–water partition coefficient (Wildman–Crippen LogP) is 5.09. The van der Waals surface area contributed by atoms with Crippen molar-refractivity contribution in [1.82, 2.24) is 5.32 Å². The van der Waals surface area contributed by atoms with Gasteiger partial charge in [0.1, 0.15) is 24.0 Å². The zero-order valence-electron chi connectivity index (χ0n) is 16.4. The summed E-state index contributed by atoms with van der Waals surface area (Å²) >= 11 is 12.1. The van der Waals surface area contributed by atoms with E-state index in [1.54, 1.807) is 57.2 Å². The lowest BCUT2D eigenvalue weighted by Gasteiger charge is -2.22. The highest BCUT2D eigenvalue weighted by atomic mass is 35.5. The Bertz CT molecular complexity index is 862. The van der Waals surface area contributed by atoms with E-state index in [-0.39, 0.29) is 13.0 Å². The molecule has 0 saturated carbocycles. The Labute approximate surface area is 179 Å². The summed E-state index contributed by atoms with van der Waals surface area (Å²) in [5.41, 5.74) is 0.773. The van der Waals surface area contributed by atoms with E-state index < -0.39 is 23.7 Å². The van der Waals surface area contributed by atoms with E-state index >= 15 is 0 Å². The number of halogens is 2. The van der Waals surface area contributed by atoms with Crippen molar-refractivity contribution in [3.63, 3.8) is 0 Å². The summed E-state index contributed by atoms with van der Waals surface area (Å²) in [6.07, 6.45) is -0.669. The van der Waals surface area contributed by atoms with Gasteiger partial charge >= 0.3 is 12.1 Å². The Hall–Kier alpha value is -2.44. The summed E-state index contributed by atoms with van der Waals surface area (Å²) in [4.78, 5) is 23.3. The number of carboxylic acids is 1. The minimum atomic E-state index is -1.15. The molecule has 156 valence electrons. The first-order valence-electron chi connectivity index (χ1n) is 8.92. The lowest BCUT2D eigenvalue weighted by molar-refractivity contribution is -0.139. The number of hydrogen-bond acceptors (Lipinski definition) is 4. The topological polar surface area (TPSA) is 84.9 Å². The van der Waals surface area contributed by atoms with Crippen LogP contribution in [0.1, 0.15) is 31.9 Å². The van der Waals surface area contributed by atoms with E-state index in [2.05, 4.69) is 5.32 Å². The average Bonchev–Trinajstić information content (AvgIpc) is 2.62. The van der Waals surface area contributed by atoms with Gasteiger partial charge in [-0.3, -0.25) is 0 Å². The maximum atomic E-state index is 11.9. The van der Waals surface area contributed by atoms with E-state index in [9.17, 15) is 14.7 Å². The lowest BCUT2D eigenvalue weighted by atomic mass is 10.1. The first kappa shape index (κ1) is 22.8. The largest absolute Gasteiger partial charge is 0.489 e. The molecule has 0 fully saturated rings. The summed E-state index contributed by atoms with van der Waals surface area (Å²) in [6, 6.07) is 11.1. The molecule has 2 aromatic rings. The van der Waals surface area contributed by atoms with Crippen molar-refractivity contribution in [2.75, 3.05) is 0 Å². The Kier molecular flexibility index (Phi) is 7.76. The first-order valence-corrected chi connectivity index (χ1v) is 9.67. The van der Waals surface area contributed by atoms with E-state index in [1.807, 2.05) is 6.07 Å². The fraction of sp³-hybridized carbons (Fsp3) is 0.333. The molecular formula is C21H23Cl2NO5. The number of amides is 1. The van der Waals surface area contributed by atoms with Crippen molar-refractivity contribution in [2.24, 2.45) is 0 Å². The van der Waals surface area contributed by atoms with Crippen molar-refractivity contribution < 1.29 is 24.2 Å². The predicted molar refractivity (Wildman–Crippen MR) is 112 cm³/mol. The van der Waals surface area contributed by atoms with Crippen LogP contribution in [-0.4, -0.2) is 28.8 Å². The number of carbonyl (C=O) groups excluding carboxylic acids is 1. The molecule has 2 N–H and O–H groups in total. The van der Waals surface area contributed by atoms with Crippen LogP contribution in [0.25, 0.3) is 0 Å². The third-order valence-electron chi connectivity index (χ3n) is 3.78. The highest BCUT2D eigenvalue weighted by Crippen LogP contribution is 2.26. The van der Waals surface area contributed by atoms with Crippen LogP contribution in [0.5, 0.6) is 5.75 Å². The van der Waals surface area contributed by atoms with Gasteiger partial charge in [0, 0.05) is 12.0 Å². The quantitative estimate of drug-likeness (QED) is 0.627. The minimum absolute atomic E-state index is 0.106. The molecule has 1 unspecified atom stereocenters. The molecule has 2 rings (SSSR count). The summed E-state index contributed by atoms with van der Waals surface area (Å²) < 4.78 is 10.8. The van der Waals surface area contributed by atoms with Gasteiger partial charge in [0.05, 0.1) is 10.0 Å². The van der Waals surface area contributed by atoms with Crippen molar-refractivity contribution in [2.45, 2.75) is 45.4 Å². The Balaban J connectivity index is 1.96. The zero-order chi connectivity index (χ0) is 21.6. The molecule has 0 aromatic heterocycles. The van der Waals surface area contributed by atoms with E-state index in [0.29, 0.717) is 15.8 Å². The molecule has 0 bridgehead atoms. The molecule has 0 aliphatic heterocycles. The van der Waals surface area contributed by atoms with Crippen molar-refractivity contribution in [3.05, 3.63) is 63.6 Å². The van der Waals surface area contributed by atoms with Gasteiger partial charge in [-0.2, -0.15) is 0 Å². The van der Waals surface area contributed by atoms with Gasteiger partial charge < -0.3 is 19.9 Å². The number of aliphatic carboxylic acids is 1. The molecule has 0 saturated heterocycles. The Morgan fingerprint density at radius 3 is 2.34 bits per heavy atom. The molecule has 0 radical (unpaired) electrons. The van der Waals surface area contributed by atoms with Crippen LogP contribution >= 0.6 is 23.2 Å². The molecule has 6 nitrogen and oxygen atoms in total. The number of hydrogen-bond donors (Lipinski definition) is 2. The number of nitrogens with one attached hydrogen (secondary N) is 1. The molecule has 0 spiro atoms. The third-order valence-corrected chi connectivity index (χ3v) is 4.64. The van der Waals surface area contributed by atoms with Gasteiger partial charge in [-0.05, 0) is 44.5 Å². The van der Waals surface area contributed by atoms with Crippen molar-refractivity contribution >= 4 is 35.3 Å². The number of alkyl carbamates (subject to hydrolysis) is 1. The van der Waals surface area contributed by atoms with Gasteiger partial charge in [0.25, 0.3) is 0 Å². The number of carboxylic acid groups (broad SMARTS) is 1. The fourth-order valence-electron chi connectivity index (χ4n) is 2.43. The van der Waals surface area contributed by atoms with E-state index in [1.165, 1.54) is 0 Å². The standard InChI is InChI=1S/C21H23Cl2NO5/c1-21(2,3)29-20(27)24-17(19(25)26)11-13-7-9-15(10-8-13)28-12-14-5-4-6-16(22)18(14)23/h4-10,17H,11-12H2,1-3H3,(H,24,27)(H,25,26). The SMILES string of the molecule is CC(C)(C)OC(=O)NC(Cc1ccc(OCc2cccc(Cl)c2Cl)cc1)C(=O)O. The van der Waals surface area contributed by atoms with Gasteiger partial charge in [-0.1, -0.05) is 47.5 Å². The van der Waals surface area contributed by atoms with E-state index in [4.69, 9.17) is 32.7 Å². The summed E-state index contributed by atoms with van der Waals surface area (Å²) in [5, 5.41) is 12.7. The number of ether oxygens (including phenoxy) is 2. The van der Waals surface area contributed by atoms with Crippen LogP contribution < -0.4 is 10.1 Å². The van der Waals surface area contributed by atoms with Gasteiger partial charge in [0.2, 0.25) is 0 Å². The van der Waals surface area contributed by atoms with Crippen LogP contribution in [0.2, 0.25) is 10.0 Å². The Morgan fingerprint density at radius 2 is 1.76 bits per heavy atom. The second kappa shape index (κ2) is 9.85.